The molecule has 2 heterocycles. The van der Waals surface area contributed by atoms with Crippen molar-refractivity contribution in [1.29, 1.82) is 0 Å². The van der Waals surface area contributed by atoms with Crippen LogP contribution in [0.4, 0.5) is 4.39 Å². The number of amides is 1. The molecule has 1 fully saturated rings. The molecule has 1 atom stereocenters. The molecule has 4 rings (SSSR count). The molecule has 1 aromatic heterocycles. The zero-order chi connectivity index (χ0) is 22.7. The maximum atomic E-state index is 14.8. The molecule has 1 aliphatic heterocycles. The maximum Gasteiger partial charge on any atom is 0.296 e. The van der Waals surface area contributed by atoms with Crippen LogP contribution in [0.3, 0.4) is 0 Å². The molecule has 0 bridgehead atoms. The number of halogens is 1. The van der Waals surface area contributed by atoms with E-state index >= 15 is 0 Å². The second-order valence-corrected chi connectivity index (χ2v) is 7.15. The number of aliphatic hydroxyl groups excluding tert-OH is 1. The molecule has 1 unspecified atom stereocenters. The Hall–Kier alpha value is -4.13. The lowest BCUT2D eigenvalue weighted by Crippen LogP contribution is -2.29. The van der Waals surface area contributed by atoms with Gasteiger partial charge in [-0.2, -0.15) is 0 Å². The third kappa shape index (κ3) is 3.92. The van der Waals surface area contributed by atoms with Gasteiger partial charge in [-0.05, 0) is 42.5 Å². The molecular formula is C25H20FNO5. The third-order valence-corrected chi connectivity index (χ3v) is 5.14. The standard InChI is InChI=1S/C25H20FNO5/c1-2-13-31-17-11-9-16(10-12-17)23(28)21-22(19-7-3-4-8-20(19)26)27(25(30)24(21)29)15-18-6-5-14-32-18/h2-12,14,22,28H,1,13,15H2. The molecule has 1 saturated heterocycles. The van der Waals surface area contributed by atoms with Crippen molar-refractivity contribution in [2.45, 2.75) is 12.6 Å². The van der Waals surface area contributed by atoms with Gasteiger partial charge in [-0.25, -0.2) is 4.39 Å². The van der Waals surface area contributed by atoms with E-state index in [9.17, 15) is 19.1 Å². The summed E-state index contributed by atoms with van der Waals surface area (Å²) in [5.41, 5.74) is 0.213. The van der Waals surface area contributed by atoms with E-state index in [0.29, 0.717) is 23.7 Å². The minimum absolute atomic E-state index is 0.0539. The molecule has 0 spiro atoms. The van der Waals surface area contributed by atoms with Crippen LogP contribution < -0.4 is 4.74 Å². The number of furan rings is 1. The van der Waals surface area contributed by atoms with Gasteiger partial charge in [-0.3, -0.25) is 9.59 Å². The number of hydrogen-bond donors (Lipinski definition) is 1. The highest BCUT2D eigenvalue weighted by Crippen LogP contribution is 2.41. The zero-order valence-corrected chi connectivity index (χ0v) is 17.0. The highest BCUT2D eigenvalue weighted by molar-refractivity contribution is 6.46. The van der Waals surface area contributed by atoms with E-state index in [1.165, 1.54) is 29.4 Å². The van der Waals surface area contributed by atoms with Gasteiger partial charge in [0.15, 0.2) is 0 Å². The number of ketones is 1. The Labute approximate surface area is 183 Å². The lowest BCUT2D eigenvalue weighted by molar-refractivity contribution is -0.140. The molecular weight excluding hydrogens is 413 g/mol. The Balaban J connectivity index is 1.80. The normalized spacial score (nSPS) is 17.5. The summed E-state index contributed by atoms with van der Waals surface area (Å²) in [6.45, 7) is 3.85. The molecule has 0 aliphatic carbocycles. The van der Waals surface area contributed by atoms with Gasteiger partial charge in [0.1, 0.15) is 29.7 Å². The predicted molar refractivity (Wildman–Crippen MR) is 115 cm³/mol. The minimum atomic E-state index is -1.11. The SMILES string of the molecule is C=CCOc1ccc(C(O)=C2C(=O)C(=O)N(Cc3ccco3)C2c2ccccc2F)cc1. The quantitative estimate of drug-likeness (QED) is 0.255. The average molecular weight is 433 g/mol. The van der Waals surface area contributed by atoms with E-state index in [0.717, 1.165) is 0 Å². The molecule has 32 heavy (non-hydrogen) atoms. The molecule has 1 N–H and O–H groups in total. The van der Waals surface area contributed by atoms with Crippen LogP contribution in [-0.4, -0.2) is 28.3 Å². The van der Waals surface area contributed by atoms with Gasteiger partial charge in [0.25, 0.3) is 11.7 Å². The highest BCUT2D eigenvalue weighted by atomic mass is 19.1. The van der Waals surface area contributed by atoms with Gasteiger partial charge in [0.05, 0.1) is 24.4 Å². The van der Waals surface area contributed by atoms with E-state index in [2.05, 4.69) is 6.58 Å². The van der Waals surface area contributed by atoms with E-state index in [1.807, 2.05) is 0 Å². The second kappa shape index (κ2) is 8.93. The topological polar surface area (TPSA) is 80.0 Å². The fraction of sp³-hybridized carbons (Fsp3) is 0.120. The monoisotopic (exact) mass is 433 g/mol. The Morgan fingerprint density at radius 1 is 1.12 bits per heavy atom. The summed E-state index contributed by atoms with van der Waals surface area (Å²) in [6.07, 6.45) is 3.04. The lowest BCUT2D eigenvalue weighted by atomic mass is 9.95. The number of nitrogens with zero attached hydrogens (tertiary/aromatic N) is 1. The van der Waals surface area contributed by atoms with Gasteiger partial charge in [0.2, 0.25) is 0 Å². The molecule has 0 saturated carbocycles. The summed E-state index contributed by atoms with van der Waals surface area (Å²) in [6, 6.07) is 14.4. The van der Waals surface area contributed by atoms with Crippen LogP contribution in [0.2, 0.25) is 0 Å². The Kier molecular flexibility index (Phi) is 5.89. The molecule has 7 heteroatoms. The summed E-state index contributed by atoms with van der Waals surface area (Å²) in [7, 11) is 0. The third-order valence-electron chi connectivity index (χ3n) is 5.14. The fourth-order valence-corrected chi connectivity index (χ4v) is 3.65. The van der Waals surface area contributed by atoms with Gasteiger partial charge in [0, 0.05) is 11.1 Å². The largest absolute Gasteiger partial charge is 0.507 e. The molecule has 162 valence electrons. The first-order valence-corrected chi connectivity index (χ1v) is 9.90. The lowest BCUT2D eigenvalue weighted by Gasteiger charge is -2.24. The van der Waals surface area contributed by atoms with Crippen LogP contribution in [-0.2, 0) is 16.1 Å². The van der Waals surface area contributed by atoms with Gasteiger partial charge in [-0.1, -0.05) is 30.9 Å². The number of likely N-dealkylation sites (tertiary alicyclic amines) is 1. The summed E-state index contributed by atoms with van der Waals surface area (Å²) in [4.78, 5) is 27.0. The van der Waals surface area contributed by atoms with Gasteiger partial charge in [-0.15, -0.1) is 0 Å². The van der Waals surface area contributed by atoms with E-state index in [4.69, 9.17) is 9.15 Å². The number of benzene rings is 2. The Morgan fingerprint density at radius 3 is 2.53 bits per heavy atom. The molecule has 1 aliphatic rings. The first-order chi connectivity index (χ1) is 15.5. The van der Waals surface area contributed by atoms with Gasteiger partial charge >= 0.3 is 0 Å². The van der Waals surface area contributed by atoms with Crippen LogP contribution in [0.25, 0.3) is 5.76 Å². The average Bonchev–Trinajstić information content (AvgIpc) is 3.40. The maximum absolute atomic E-state index is 14.8. The molecule has 2 aromatic carbocycles. The van der Waals surface area contributed by atoms with Crippen molar-refractivity contribution >= 4 is 17.4 Å². The number of carbonyl (C=O) groups excluding carboxylic acids is 2. The summed E-state index contributed by atoms with van der Waals surface area (Å²) >= 11 is 0. The van der Waals surface area contributed by atoms with Crippen molar-refractivity contribution in [3.8, 4) is 5.75 Å². The smallest absolute Gasteiger partial charge is 0.296 e. The van der Waals surface area contributed by atoms with E-state index in [-0.39, 0.29) is 17.7 Å². The summed E-state index contributed by atoms with van der Waals surface area (Å²) in [5, 5.41) is 11.0. The van der Waals surface area contributed by atoms with Crippen LogP contribution in [0.1, 0.15) is 22.9 Å². The summed E-state index contributed by atoms with van der Waals surface area (Å²) in [5.74, 6) is -1.75. The van der Waals surface area contributed by atoms with Crippen molar-refractivity contribution in [2.24, 2.45) is 0 Å². The number of aliphatic hydroxyl groups is 1. The first kappa shape index (κ1) is 21.1. The Morgan fingerprint density at radius 2 is 1.88 bits per heavy atom. The minimum Gasteiger partial charge on any atom is -0.507 e. The molecule has 6 nitrogen and oxygen atoms in total. The van der Waals surface area contributed by atoms with Crippen LogP contribution >= 0.6 is 0 Å². The first-order valence-electron chi connectivity index (χ1n) is 9.90. The number of carbonyl (C=O) groups is 2. The number of ether oxygens (including phenoxy) is 1. The van der Waals surface area contributed by atoms with E-state index < -0.39 is 29.3 Å². The van der Waals surface area contributed by atoms with E-state index in [1.54, 1.807) is 48.5 Å². The van der Waals surface area contributed by atoms with Gasteiger partial charge < -0.3 is 19.2 Å². The van der Waals surface area contributed by atoms with Crippen molar-refractivity contribution in [3.63, 3.8) is 0 Å². The molecule has 3 aromatic rings. The van der Waals surface area contributed by atoms with Crippen molar-refractivity contribution in [3.05, 3.63) is 108 Å². The molecule has 1 amide bonds. The highest BCUT2D eigenvalue weighted by Gasteiger charge is 2.47. The number of Topliss-reactive ketones (excluding diaryl/α,β-unsaturated/α-hetero) is 1. The fourth-order valence-electron chi connectivity index (χ4n) is 3.65. The van der Waals surface area contributed by atoms with Crippen LogP contribution in [0.5, 0.6) is 5.75 Å². The van der Waals surface area contributed by atoms with Crippen molar-refractivity contribution < 1.29 is 28.2 Å². The van der Waals surface area contributed by atoms with Crippen LogP contribution in [0.15, 0.2) is 89.6 Å². The predicted octanol–water partition coefficient (Wildman–Crippen LogP) is 4.61. The Bertz CT molecular complexity index is 1180. The van der Waals surface area contributed by atoms with Crippen molar-refractivity contribution in [2.75, 3.05) is 6.61 Å². The number of hydrogen-bond acceptors (Lipinski definition) is 5. The second-order valence-electron chi connectivity index (χ2n) is 7.15. The number of rotatable bonds is 7. The van der Waals surface area contributed by atoms with Crippen LogP contribution in [0, 0.1) is 5.82 Å². The zero-order valence-electron chi connectivity index (χ0n) is 17.0. The van der Waals surface area contributed by atoms with Crippen molar-refractivity contribution in [1.82, 2.24) is 4.90 Å². The molecule has 0 radical (unpaired) electrons. The summed E-state index contributed by atoms with van der Waals surface area (Å²) < 4.78 is 25.5.